The number of aryl methyl sites for hydroxylation is 2. The molecular weight excluding hydrogens is 312 g/mol. The Hall–Kier alpha value is -1.26. The summed E-state index contributed by atoms with van der Waals surface area (Å²) in [6.45, 7) is 3.45. The van der Waals surface area contributed by atoms with Crippen LogP contribution in [0.1, 0.15) is 28.3 Å². The van der Waals surface area contributed by atoms with Crippen molar-refractivity contribution in [2.75, 3.05) is 0 Å². The lowest BCUT2D eigenvalue weighted by Crippen LogP contribution is -2.14. The summed E-state index contributed by atoms with van der Waals surface area (Å²) in [6.07, 6.45) is 0. The molecular formula is C15H14BrF2N. The minimum absolute atomic E-state index is 0.167. The standard InChI is InChI=1S/C15H14BrF2N/c1-8-3-10(6-11(16)4-8)15(19)12-7-13(17)9(2)5-14(12)18/h3-7,15H,19H2,1-2H3. The van der Waals surface area contributed by atoms with Crippen LogP contribution in [-0.2, 0) is 0 Å². The van der Waals surface area contributed by atoms with E-state index in [-0.39, 0.29) is 11.1 Å². The van der Waals surface area contributed by atoms with Gasteiger partial charge in [-0.05, 0) is 54.8 Å². The molecule has 2 aromatic rings. The van der Waals surface area contributed by atoms with Gasteiger partial charge < -0.3 is 5.73 Å². The van der Waals surface area contributed by atoms with E-state index in [0.29, 0.717) is 0 Å². The van der Waals surface area contributed by atoms with Gasteiger partial charge in [0, 0.05) is 10.0 Å². The van der Waals surface area contributed by atoms with Gasteiger partial charge >= 0.3 is 0 Å². The van der Waals surface area contributed by atoms with Gasteiger partial charge in [0.05, 0.1) is 6.04 Å². The molecule has 0 spiro atoms. The van der Waals surface area contributed by atoms with Crippen molar-refractivity contribution in [2.24, 2.45) is 5.73 Å². The van der Waals surface area contributed by atoms with Gasteiger partial charge in [0.15, 0.2) is 0 Å². The summed E-state index contributed by atoms with van der Waals surface area (Å²) in [5, 5.41) is 0. The average Bonchev–Trinajstić information content (AvgIpc) is 2.31. The molecule has 0 fully saturated rings. The third-order valence-corrected chi connectivity index (χ3v) is 3.49. The summed E-state index contributed by atoms with van der Waals surface area (Å²) in [6, 6.07) is 7.27. The van der Waals surface area contributed by atoms with Crippen molar-refractivity contribution in [3.63, 3.8) is 0 Å². The molecule has 0 saturated heterocycles. The second-order valence-corrected chi connectivity index (χ2v) is 5.58. The SMILES string of the molecule is Cc1cc(Br)cc(C(N)c2cc(F)c(C)cc2F)c1. The molecule has 19 heavy (non-hydrogen) atoms. The Bertz CT molecular complexity index is 606. The molecule has 0 saturated carbocycles. The van der Waals surface area contributed by atoms with Crippen molar-refractivity contribution in [1.82, 2.24) is 0 Å². The highest BCUT2D eigenvalue weighted by atomic mass is 79.9. The number of rotatable bonds is 2. The lowest BCUT2D eigenvalue weighted by atomic mass is 9.96. The smallest absolute Gasteiger partial charge is 0.128 e. The van der Waals surface area contributed by atoms with Crippen molar-refractivity contribution in [2.45, 2.75) is 19.9 Å². The third-order valence-electron chi connectivity index (χ3n) is 3.04. The minimum atomic E-state index is -0.689. The van der Waals surface area contributed by atoms with E-state index in [1.807, 2.05) is 25.1 Å². The zero-order valence-electron chi connectivity index (χ0n) is 10.7. The third kappa shape index (κ3) is 3.01. The molecule has 2 aromatic carbocycles. The van der Waals surface area contributed by atoms with Gasteiger partial charge in [0.2, 0.25) is 0 Å². The second-order valence-electron chi connectivity index (χ2n) is 4.66. The first kappa shape index (κ1) is 14.2. The van der Waals surface area contributed by atoms with Crippen LogP contribution in [0.2, 0.25) is 0 Å². The summed E-state index contributed by atoms with van der Waals surface area (Å²) in [7, 11) is 0. The fraction of sp³-hybridized carbons (Fsp3) is 0.200. The number of benzene rings is 2. The number of hydrogen-bond donors (Lipinski definition) is 1. The maximum absolute atomic E-state index is 13.9. The first-order valence-electron chi connectivity index (χ1n) is 5.86. The summed E-state index contributed by atoms with van der Waals surface area (Å²) < 4.78 is 28.3. The number of hydrogen-bond acceptors (Lipinski definition) is 1. The zero-order valence-corrected chi connectivity index (χ0v) is 12.3. The average molecular weight is 326 g/mol. The Labute approximate surface area is 119 Å². The van der Waals surface area contributed by atoms with Crippen LogP contribution in [0.4, 0.5) is 8.78 Å². The van der Waals surface area contributed by atoms with E-state index in [1.54, 1.807) is 0 Å². The van der Waals surface area contributed by atoms with Crippen LogP contribution in [-0.4, -0.2) is 0 Å². The molecule has 2 rings (SSSR count). The van der Waals surface area contributed by atoms with Crippen LogP contribution < -0.4 is 5.73 Å². The van der Waals surface area contributed by atoms with E-state index in [0.717, 1.165) is 15.6 Å². The van der Waals surface area contributed by atoms with Crippen molar-refractivity contribution in [1.29, 1.82) is 0 Å². The van der Waals surface area contributed by atoms with Gasteiger partial charge in [-0.2, -0.15) is 0 Å². The van der Waals surface area contributed by atoms with Crippen LogP contribution in [0, 0.1) is 25.5 Å². The molecule has 0 heterocycles. The molecule has 100 valence electrons. The van der Waals surface area contributed by atoms with Gasteiger partial charge in [0.25, 0.3) is 0 Å². The zero-order chi connectivity index (χ0) is 14.2. The van der Waals surface area contributed by atoms with E-state index in [1.165, 1.54) is 19.1 Å². The van der Waals surface area contributed by atoms with Gasteiger partial charge in [-0.3, -0.25) is 0 Å². The molecule has 0 aromatic heterocycles. The molecule has 0 aliphatic carbocycles. The van der Waals surface area contributed by atoms with Crippen LogP contribution in [0.5, 0.6) is 0 Å². The van der Waals surface area contributed by atoms with E-state index in [2.05, 4.69) is 15.9 Å². The molecule has 2 N–H and O–H groups in total. The van der Waals surface area contributed by atoms with Crippen molar-refractivity contribution in [3.8, 4) is 0 Å². The minimum Gasteiger partial charge on any atom is -0.320 e. The van der Waals surface area contributed by atoms with Gasteiger partial charge in [-0.1, -0.05) is 22.0 Å². The van der Waals surface area contributed by atoms with E-state index >= 15 is 0 Å². The highest BCUT2D eigenvalue weighted by Crippen LogP contribution is 2.27. The van der Waals surface area contributed by atoms with E-state index in [9.17, 15) is 8.78 Å². The molecule has 0 radical (unpaired) electrons. The first-order valence-corrected chi connectivity index (χ1v) is 6.66. The monoisotopic (exact) mass is 325 g/mol. The van der Waals surface area contributed by atoms with E-state index in [4.69, 9.17) is 5.73 Å². The van der Waals surface area contributed by atoms with Crippen LogP contribution in [0.3, 0.4) is 0 Å². The lowest BCUT2D eigenvalue weighted by molar-refractivity contribution is 0.570. The molecule has 0 amide bonds. The highest BCUT2D eigenvalue weighted by Gasteiger charge is 2.16. The highest BCUT2D eigenvalue weighted by molar-refractivity contribution is 9.10. The molecule has 1 atom stereocenters. The fourth-order valence-corrected chi connectivity index (χ4v) is 2.65. The Balaban J connectivity index is 2.49. The summed E-state index contributed by atoms with van der Waals surface area (Å²) in [4.78, 5) is 0. The van der Waals surface area contributed by atoms with Crippen molar-refractivity contribution in [3.05, 3.63) is 68.7 Å². The maximum atomic E-state index is 13.9. The second kappa shape index (κ2) is 5.39. The van der Waals surface area contributed by atoms with Crippen LogP contribution in [0.25, 0.3) is 0 Å². The predicted octanol–water partition coefficient (Wildman–Crippen LogP) is 4.39. The van der Waals surface area contributed by atoms with Gasteiger partial charge in [0.1, 0.15) is 11.6 Å². The summed E-state index contributed by atoms with van der Waals surface area (Å²) in [5.74, 6) is -0.928. The normalized spacial score (nSPS) is 12.5. The predicted molar refractivity (Wildman–Crippen MR) is 76.0 cm³/mol. The molecule has 4 heteroatoms. The molecule has 1 nitrogen and oxygen atoms in total. The largest absolute Gasteiger partial charge is 0.320 e. The molecule has 1 unspecified atom stereocenters. The van der Waals surface area contributed by atoms with Crippen LogP contribution >= 0.6 is 15.9 Å². The fourth-order valence-electron chi connectivity index (χ4n) is 2.02. The first-order chi connectivity index (χ1) is 8.88. The Morgan fingerprint density at radius 1 is 1.00 bits per heavy atom. The molecule has 0 aliphatic heterocycles. The van der Waals surface area contributed by atoms with Crippen LogP contribution in [0.15, 0.2) is 34.8 Å². The summed E-state index contributed by atoms with van der Waals surface area (Å²) >= 11 is 3.38. The summed E-state index contributed by atoms with van der Waals surface area (Å²) in [5.41, 5.74) is 8.24. The number of nitrogens with two attached hydrogens (primary N) is 1. The Morgan fingerprint density at radius 2 is 1.68 bits per heavy atom. The molecule has 0 bridgehead atoms. The Kier molecular flexibility index (Phi) is 4.02. The quantitative estimate of drug-likeness (QED) is 0.870. The van der Waals surface area contributed by atoms with Crippen molar-refractivity contribution >= 4 is 15.9 Å². The lowest BCUT2D eigenvalue weighted by Gasteiger charge is -2.15. The molecule has 0 aliphatic rings. The maximum Gasteiger partial charge on any atom is 0.128 e. The van der Waals surface area contributed by atoms with Gasteiger partial charge in [-0.15, -0.1) is 0 Å². The Morgan fingerprint density at radius 3 is 2.32 bits per heavy atom. The topological polar surface area (TPSA) is 26.0 Å². The van der Waals surface area contributed by atoms with Gasteiger partial charge in [-0.25, -0.2) is 8.78 Å². The number of halogens is 3. The van der Waals surface area contributed by atoms with E-state index < -0.39 is 17.7 Å². The van der Waals surface area contributed by atoms with Crippen molar-refractivity contribution < 1.29 is 8.78 Å².